The maximum atomic E-state index is 12.5. The van der Waals surface area contributed by atoms with Gasteiger partial charge < -0.3 is 10.8 Å². The summed E-state index contributed by atoms with van der Waals surface area (Å²) >= 11 is 0. The Morgan fingerprint density at radius 1 is 1.11 bits per heavy atom. The Bertz CT molecular complexity index is 439. The molecule has 0 bridgehead atoms. The second-order valence-corrected chi connectivity index (χ2v) is 7.23. The number of carboxylic acid groups (broad SMARTS) is 1. The average molecular weight is 291 g/mol. The lowest BCUT2D eigenvalue weighted by Crippen LogP contribution is -2.53. The molecule has 19 heavy (non-hydrogen) atoms. The van der Waals surface area contributed by atoms with E-state index in [0.717, 1.165) is 12.8 Å². The smallest absolute Gasteiger partial charge is 0.307 e. The molecule has 110 valence electrons. The molecule has 2 fully saturated rings. The van der Waals surface area contributed by atoms with E-state index in [1.165, 1.54) is 8.61 Å². The molecule has 2 aliphatic heterocycles. The fourth-order valence-electron chi connectivity index (χ4n) is 2.70. The van der Waals surface area contributed by atoms with Gasteiger partial charge >= 0.3 is 5.97 Å². The molecular weight excluding hydrogens is 270 g/mol. The molecule has 0 aromatic heterocycles. The zero-order valence-corrected chi connectivity index (χ0v) is 11.7. The van der Waals surface area contributed by atoms with E-state index < -0.39 is 22.1 Å². The fraction of sp³-hybridized carbons (Fsp3) is 0.909. The summed E-state index contributed by atoms with van der Waals surface area (Å²) < 4.78 is 27.6. The highest BCUT2D eigenvalue weighted by atomic mass is 32.2. The fourth-order valence-corrected chi connectivity index (χ4v) is 4.49. The van der Waals surface area contributed by atoms with Gasteiger partial charge in [0.25, 0.3) is 10.2 Å². The van der Waals surface area contributed by atoms with Crippen molar-refractivity contribution in [2.75, 3.05) is 26.2 Å². The van der Waals surface area contributed by atoms with Gasteiger partial charge in [0, 0.05) is 32.2 Å². The molecule has 2 saturated heterocycles. The topological polar surface area (TPSA) is 104 Å². The Labute approximate surface area is 113 Å². The van der Waals surface area contributed by atoms with Gasteiger partial charge in [-0.15, -0.1) is 0 Å². The van der Waals surface area contributed by atoms with Crippen LogP contribution in [0.4, 0.5) is 0 Å². The Morgan fingerprint density at radius 3 is 2.26 bits per heavy atom. The predicted octanol–water partition coefficient (Wildman–Crippen LogP) is -0.549. The van der Waals surface area contributed by atoms with E-state index in [1.807, 2.05) is 0 Å². The Balaban J connectivity index is 2.08. The molecule has 2 heterocycles. The molecule has 8 heteroatoms. The standard InChI is InChI=1S/C11H21N3O4S/c12-10-4-2-6-14(8-10)19(17,18)13-5-1-3-9(7-13)11(15)16/h9-10H,1-8,12H2,(H,15,16). The van der Waals surface area contributed by atoms with Crippen molar-refractivity contribution in [3.8, 4) is 0 Å². The number of aliphatic carboxylic acids is 1. The maximum absolute atomic E-state index is 12.5. The summed E-state index contributed by atoms with van der Waals surface area (Å²) in [5, 5.41) is 9.02. The summed E-state index contributed by atoms with van der Waals surface area (Å²) in [6, 6.07) is -0.122. The summed E-state index contributed by atoms with van der Waals surface area (Å²) in [5.41, 5.74) is 5.81. The largest absolute Gasteiger partial charge is 0.481 e. The number of rotatable bonds is 3. The molecule has 0 saturated carbocycles. The zero-order chi connectivity index (χ0) is 14.0. The third-order valence-electron chi connectivity index (χ3n) is 3.81. The van der Waals surface area contributed by atoms with Crippen LogP contribution in [0.1, 0.15) is 25.7 Å². The lowest BCUT2D eigenvalue weighted by atomic mass is 10.0. The second-order valence-electron chi connectivity index (χ2n) is 5.30. The first-order valence-electron chi connectivity index (χ1n) is 6.65. The highest BCUT2D eigenvalue weighted by Crippen LogP contribution is 2.23. The van der Waals surface area contributed by atoms with Crippen LogP contribution in [0.3, 0.4) is 0 Å². The number of nitrogens with two attached hydrogens (primary N) is 1. The van der Waals surface area contributed by atoms with Crippen molar-refractivity contribution in [1.29, 1.82) is 0 Å². The molecule has 2 unspecified atom stereocenters. The van der Waals surface area contributed by atoms with E-state index in [0.29, 0.717) is 32.5 Å². The number of hydrogen-bond donors (Lipinski definition) is 2. The first-order chi connectivity index (χ1) is 8.91. The summed E-state index contributed by atoms with van der Waals surface area (Å²) in [6.07, 6.45) is 2.73. The van der Waals surface area contributed by atoms with Gasteiger partial charge in [0.2, 0.25) is 0 Å². The minimum absolute atomic E-state index is 0.0728. The van der Waals surface area contributed by atoms with Crippen molar-refractivity contribution < 1.29 is 18.3 Å². The van der Waals surface area contributed by atoms with E-state index in [2.05, 4.69) is 0 Å². The van der Waals surface area contributed by atoms with E-state index in [1.54, 1.807) is 0 Å². The van der Waals surface area contributed by atoms with Gasteiger partial charge in [-0.1, -0.05) is 0 Å². The molecule has 0 aromatic rings. The van der Waals surface area contributed by atoms with Crippen molar-refractivity contribution in [2.45, 2.75) is 31.7 Å². The van der Waals surface area contributed by atoms with Crippen LogP contribution in [0.25, 0.3) is 0 Å². The normalized spacial score (nSPS) is 31.2. The average Bonchev–Trinajstić information content (AvgIpc) is 2.39. The van der Waals surface area contributed by atoms with Crippen LogP contribution in [0.15, 0.2) is 0 Å². The first kappa shape index (κ1) is 14.7. The highest BCUT2D eigenvalue weighted by molar-refractivity contribution is 7.86. The highest BCUT2D eigenvalue weighted by Gasteiger charge is 2.37. The van der Waals surface area contributed by atoms with Crippen LogP contribution in [-0.4, -0.2) is 60.3 Å². The van der Waals surface area contributed by atoms with Crippen molar-refractivity contribution in [2.24, 2.45) is 11.7 Å². The number of hydrogen-bond acceptors (Lipinski definition) is 4. The molecule has 0 aliphatic carbocycles. The molecule has 0 aromatic carbocycles. The summed E-state index contributed by atoms with van der Waals surface area (Å²) in [5.74, 6) is -1.52. The minimum atomic E-state index is -3.56. The number of nitrogens with zero attached hydrogens (tertiary/aromatic N) is 2. The second kappa shape index (κ2) is 5.74. The third kappa shape index (κ3) is 3.25. The van der Waals surface area contributed by atoms with E-state index >= 15 is 0 Å². The van der Waals surface area contributed by atoms with Crippen molar-refractivity contribution in [3.05, 3.63) is 0 Å². The minimum Gasteiger partial charge on any atom is -0.481 e. The van der Waals surface area contributed by atoms with Crippen LogP contribution in [-0.2, 0) is 15.0 Å². The summed E-state index contributed by atoms with van der Waals surface area (Å²) in [6.45, 7) is 1.28. The van der Waals surface area contributed by atoms with Gasteiger partial charge in [-0.25, -0.2) is 0 Å². The molecule has 2 rings (SSSR count). The van der Waals surface area contributed by atoms with Crippen molar-refractivity contribution in [3.63, 3.8) is 0 Å². The third-order valence-corrected chi connectivity index (χ3v) is 5.77. The van der Waals surface area contributed by atoms with Crippen molar-refractivity contribution >= 4 is 16.2 Å². The number of carbonyl (C=O) groups is 1. The Morgan fingerprint density at radius 2 is 1.68 bits per heavy atom. The SMILES string of the molecule is NC1CCCN(S(=O)(=O)N2CCCC(C(=O)O)C2)C1. The zero-order valence-electron chi connectivity index (χ0n) is 10.9. The van der Waals surface area contributed by atoms with Crippen LogP contribution in [0.5, 0.6) is 0 Å². The summed E-state index contributed by atoms with van der Waals surface area (Å²) in [7, 11) is -3.56. The van der Waals surface area contributed by atoms with Gasteiger partial charge in [0.1, 0.15) is 0 Å². The molecule has 0 spiro atoms. The molecule has 2 atom stereocenters. The lowest BCUT2D eigenvalue weighted by Gasteiger charge is -2.37. The Kier molecular flexibility index (Phi) is 4.44. The molecule has 3 N–H and O–H groups in total. The first-order valence-corrected chi connectivity index (χ1v) is 8.04. The molecule has 0 amide bonds. The van der Waals surface area contributed by atoms with Crippen LogP contribution in [0.2, 0.25) is 0 Å². The van der Waals surface area contributed by atoms with Gasteiger partial charge in [0.05, 0.1) is 5.92 Å². The van der Waals surface area contributed by atoms with Gasteiger partial charge in [0.15, 0.2) is 0 Å². The molecular formula is C11H21N3O4S. The van der Waals surface area contributed by atoms with Gasteiger partial charge in [-0.05, 0) is 25.7 Å². The predicted molar refractivity (Wildman–Crippen MR) is 69.6 cm³/mol. The van der Waals surface area contributed by atoms with Gasteiger partial charge in [-0.3, -0.25) is 4.79 Å². The van der Waals surface area contributed by atoms with Crippen LogP contribution in [0, 0.1) is 5.92 Å². The number of piperidine rings is 2. The maximum Gasteiger partial charge on any atom is 0.307 e. The quantitative estimate of drug-likeness (QED) is 0.726. The van der Waals surface area contributed by atoms with Crippen molar-refractivity contribution in [1.82, 2.24) is 8.61 Å². The van der Waals surface area contributed by atoms with Gasteiger partial charge in [-0.2, -0.15) is 17.0 Å². The summed E-state index contributed by atoms with van der Waals surface area (Å²) in [4.78, 5) is 11.0. The van der Waals surface area contributed by atoms with E-state index in [4.69, 9.17) is 10.8 Å². The van der Waals surface area contributed by atoms with Crippen LogP contribution < -0.4 is 5.73 Å². The monoisotopic (exact) mass is 291 g/mol. The molecule has 7 nitrogen and oxygen atoms in total. The lowest BCUT2D eigenvalue weighted by molar-refractivity contribution is -0.142. The Hall–Kier alpha value is -0.700. The van der Waals surface area contributed by atoms with Crippen LogP contribution >= 0.6 is 0 Å². The number of carboxylic acids is 1. The molecule has 0 radical (unpaired) electrons. The molecule has 2 aliphatic rings. The van der Waals surface area contributed by atoms with E-state index in [9.17, 15) is 13.2 Å². The van der Waals surface area contributed by atoms with E-state index in [-0.39, 0.29) is 12.6 Å².